The van der Waals surface area contributed by atoms with Crippen LogP contribution in [0.5, 0.6) is 0 Å². The summed E-state index contributed by atoms with van der Waals surface area (Å²) in [6.45, 7) is 4.45. The normalized spacial score (nSPS) is 11.4. The van der Waals surface area contributed by atoms with Crippen LogP contribution in [0.25, 0.3) is 21.9 Å². The lowest BCUT2D eigenvalue weighted by Crippen LogP contribution is -1.86. The number of benzene rings is 1. The van der Waals surface area contributed by atoms with Crippen molar-refractivity contribution in [3.63, 3.8) is 0 Å². The SMILES string of the molecule is CCCCCCCCc1ccc2cc3cc(C)cccc-3c2c1. The molecule has 0 spiro atoms. The van der Waals surface area contributed by atoms with Crippen molar-refractivity contribution in [3.8, 4) is 11.1 Å². The van der Waals surface area contributed by atoms with E-state index in [1.54, 1.807) is 0 Å². The summed E-state index contributed by atoms with van der Waals surface area (Å²) in [4.78, 5) is 0. The van der Waals surface area contributed by atoms with Crippen LogP contribution in [-0.4, -0.2) is 0 Å². The van der Waals surface area contributed by atoms with Gasteiger partial charge in [0, 0.05) is 0 Å². The van der Waals surface area contributed by atoms with Crippen LogP contribution in [0.3, 0.4) is 0 Å². The average molecular weight is 304 g/mol. The van der Waals surface area contributed by atoms with Gasteiger partial charge in [0.15, 0.2) is 0 Å². The number of unbranched alkanes of at least 4 members (excludes halogenated alkanes) is 5. The predicted octanol–water partition coefficient (Wildman–Crippen LogP) is 7.16. The molecule has 0 amide bonds. The highest BCUT2D eigenvalue weighted by Gasteiger charge is 2.09. The van der Waals surface area contributed by atoms with Gasteiger partial charge >= 0.3 is 0 Å². The van der Waals surface area contributed by atoms with Gasteiger partial charge in [0.2, 0.25) is 0 Å². The van der Waals surface area contributed by atoms with Gasteiger partial charge in [-0.1, -0.05) is 87.1 Å². The van der Waals surface area contributed by atoms with Crippen molar-refractivity contribution in [2.45, 2.75) is 58.8 Å². The third-order valence-corrected chi connectivity index (χ3v) is 4.85. The first-order valence-corrected chi connectivity index (χ1v) is 9.20. The summed E-state index contributed by atoms with van der Waals surface area (Å²) in [5, 5.41) is 2.79. The quantitative estimate of drug-likeness (QED) is 0.406. The summed E-state index contributed by atoms with van der Waals surface area (Å²) < 4.78 is 0. The molecule has 2 aliphatic carbocycles. The van der Waals surface area contributed by atoms with Crippen LogP contribution < -0.4 is 0 Å². The maximum absolute atomic E-state index is 2.42. The Kier molecular flexibility index (Phi) is 5.33. The first kappa shape index (κ1) is 16.1. The van der Waals surface area contributed by atoms with E-state index < -0.39 is 0 Å². The summed E-state index contributed by atoms with van der Waals surface area (Å²) >= 11 is 0. The Balaban J connectivity index is 1.73. The molecule has 23 heavy (non-hydrogen) atoms. The topological polar surface area (TPSA) is 0 Å². The number of aryl methyl sites for hydroxylation is 2. The van der Waals surface area contributed by atoms with Gasteiger partial charge in [-0.2, -0.15) is 0 Å². The standard InChI is InChI=1S/C23H28/c1-3-4-5-6-7-8-11-19-13-14-20-17-21-15-18(2)10-9-12-22(21)23(20)16-19/h9-10,12-17H,3-8,11H2,1-2H3. The summed E-state index contributed by atoms with van der Waals surface area (Å²) in [6, 6.07) is 18.3. The van der Waals surface area contributed by atoms with Crippen molar-refractivity contribution < 1.29 is 0 Å². The van der Waals surface area contributed by atoms with Gasteiger partial charge in [0.05, 0.1) is 0 Å². The van der Waals surface area contributed by atoms with E-state index in [9.17, 15) is 0 Å². The zero-order chi connectivity index (χ0) is 16.1. The number of fused-ring (bicyclic) bond motifs is 3. The average Bonchev–Trinajstić information content (AvgIpc) is 2.76. The molecule has 0 radical (unpaired) electrons. The van der Waals surface area contributed by atoms with Crippen molar-refractivity contribution in [1.29, 1.82) is 0 Å². The maximum Gasteiger partial charge on any atom is -0.0102 e. The third kappa shape index (κ3) is 3.93. The molecule has 0 saturated carbocycles. The summed E-state index contributed by atoms with van der Waals surface area (Å²) in [6.07, 6.45) is 9.42. The monoisotopic (exact) mass is 304 g/mol. The smallest absolute Gasteiger partial charge is 0.0102 e. The van der Waals surface area contributed by atoms with Crippen LogP contribution in [0.4, 0.5) is 0 Å². The summed E-state index contributed by atoms with van der Waals surface area (Å²) in [7, 11) is 0. The summed E-state index contributed by atoms with van der Waals surface area (Å²) in [5.74, 6) is 0. The van der Waals surface area contributed by atoms with Gasteiger partial charge in [-0.3, -0.25) is 0 Å². The molecule has 0 unspecified atom stereocenters. The molecule has 3 rings (SSSR count). The second-order valence-electron chi connectivity index (χ2n) is 6.87. The summed E-state index contributed by atoms with van der Waals surface area (Å²) in [5.41, 5.74) is 5.56. The largest absolute Gasteiger partial charge is 0.0654 e. The highest BCUT2D eigenvalue weighted by Crippen LogP contribution is 2.34. The van der Waals surface area contributed by atoms with Gasteiger partial charge in [-0.25, -0.2) is 0 Å². The van der Waals surface area contributed by atoms with Crippen molar-refractivity contribution >= 4 is 10.8 Å². The van der Waals surface area contributed by atoms with E-state index in [4.69, 9.17) is 0 Å². The van der Waals surface area contributed by atoms with E-state index in [2.05, 4.69) is 62.4 Å². The highest BCUT2D eigenvalue weighted by atomic mass is 14.1. The number of hydrogen-bond donors (Lipinski definition) is 0. The molecule has 0 heteroatoms. The van der Waals surface area contributed by atoms with Crippen LogP contribution in [0, 0.1) is 6.92 Å². The van der Waals surface area contributed by atoms with Crippen LogP contribution in [0.1, 0.15) is 56.6 Å². The van der Waals surface area contributed by atoms with E-state index >= 15 is 0 Å². The minimum Gasteiger partial charge on any atom is -0.0654 e. The molecule has 1 aromatic rings. The molecular formula is C23H28. The molecule has 0 fully saturated rings. The lowest BCUT2D eigenvalue weighted by Gasteiger charge is -2.03. The zero-order valence-electron chi connectivity index (χ0n) is 14.6. The van der Waals surface area contributed by atoms with Crippen molar-refractivity contribution in [2.24, 2.45) is 0 Å². The highest BCUT2D eigenvalue weighted by molar-refractivity contribution is 6.02. The van der Waals surface area contributed by atoms with E-state index in [1.807, 2.05) is 0 Å². The Hall–Kier alpha value is -1.82. The second kappa shape index (κ2) is 7.64. The minimum absolute atomic E-state index is 1.22. The molecule has 0 aliphatic heterocycles. The van der Waals surface area contributed by atoms with Gasteiger partial charge < -0.3 is 0 Å². The maximum atomic E-state index is 2.42. The lowest BCUT2D eigenvalue weighted by atomic mass is 10.0. The van der Waals surface area contributed by atoms with Crippen LogP contribution in [0.2, 0.25) is 0 Å². The third-order valence-electron chi connectivity index (χ3n) is 4.85. The predicted molar refractivity (Wildman–Crippen MR) is 102 cm³/mol. The lowest BCUT2D eigenvalue weighted by molar-refractivity contribution is 0.607. The molecule has 0 heterocycles. The molecule has 0 aromatic heterocycles. The first-order chi connectivity index (χ1) is 11.3. The Labute approximate surface area is 140 Å². The molecule has 1 aromatic carbocycles. The van der Waals surface area contributed by atoms with Gasteiger partial charge in [0.1, 0.15) is 0 Å². The molecular weight excluding hydrogens is 276 g/mol. The van der Waals surface area contributed by atoms with Gasteiger partial charge in [-0.05, 0) is 53.3 Å². The van der Waals surface area contributed by atoms with Gasteiger partial charge in [-0.15, -0.1) is 0 Å². The van der Waals surface area contributed by atoms with E-state index in [-0.39, 0.29) is 0 Å². The fourth-order valence-electron chi connectivity index (χ4n) is 3.52. The Morgan fingerprint density at radius 2 is 1.61 bits per heavy atom. The van der Waals surface area contributed by atoms with Crippen LogP contribution in [0.15, 0.2) is 48.5 Å². The fraction of sp³-hybridized carbons (Fsp3) is 0.391. The van der Waals surface area contributed by atoms with Crippen molar-refractivity contribution in [1.82, 2.24) is 0 Å². The molecule has 2 aliphatic rings. The Morgan fingerprint density at radius 3 is 2.48 bits per heavy atom. The van der Waals surface area contributed by atoms with Crippen LogP contribution in [-0.2, 0) is 6.42 Å². The number of hydrogen-bond acceptors (Lipinski definition) is 0. The fourth-order valence-corrected chi connectivity index (χ4v) is 3.52. The molecule has 0 bridgehead atoms. The number of rotatable bonds is 7. The second-order valence-corrected chi connectivity index (χ2v) is 6.87. The van der Waals surface area contributed by atoms with E-state index in [0.717, 1.165) is 0 Å². The first-order valence-electron chi connectivity index (χ1n) is 9.20. The molecule has 120 valence electrons. The Morgan fingerprint density at radius 1 is 0.783 bits per heavy atom. The van der Waals surface area contributed by atoms with E-state index in [1.165, 1.54) is 78.0 Å². The van der Waals surface area contributed by atoms with E-state index in [0.29, 0.717) is 0 Å². The van der Waals surface area contributed by atoms with Crippen molar-refractivity contribution in [3.05, 3.63) is 59.7 Å². The van der Waals surface area contributed by atoms with Gasteiger partial charge in [0.25, 0.3) is 0 Å². The minimum atomic E-state index is 1.22. The zero-order valence-corrected chi connectivity index (χ0v) is 14.6. The molecule has 0 nitrogen and oxygen atoms in total. The Bertz CT molecular complexity index is 738. The molecule has 0 saturated heterocycles. The molecule has 0 N–H and O–H groups in total. The van der Waals surface area contributed by atoms with Crippen LogP contribution >= 0.6 is 0 Å². The van der Waals surface area contributed by atoms with Crippen molar-refractivity contribution in [2.75, 3.05) is 0 Å². The molecule has 0 atom stereocenters.